The van der Waals surface area contributed by atoms with Gasteiger partial charge in [0.05, 0.1) is 18.4 Å². The Morgan fingerprint density at radius 3 is 2.82 bits per heavy atom. The van der Waals surface area contributed by atoms with Gasteiger partial charge >= 0.3 is 0 Å². The zero-order valence-corrected chi connectivity index (χ0v) is 21.1. The van der Waals surface area contributed by atoms with Gasteiger partial charge in [-0.2, -0.15) is 10.1 Å². The Morgan fingerprint density at radius 1 is 1.24 bits per heavy atom. The number of nitrogens with one attached hydrogen (secondary N) is 1. The minimum atomic E-state index is -0.210. The minimum absolute atomic E-state index is 0.210. The summed E-state index contributed by atoms with van der Waals surface area (Å²) in [6.07, 6.45) is 3.52. The molecule has 0 atom stereocenters. The van der Waals surface area contributed by atoms with E-state index in [1.165, 1.54) is 5.69 Å². The van der Waals surface area contributed by atoms with Crippen LogP contribution in [0.1, 0.15) is 17.0 Å². The minimum Gasteiger partial charge on any atom is -0.390 e. The van der Waals surface area contributed by atoms with E-state index in [1.807, 2.05) is 25.3 Å². The first-order valence-electron chi connectivity index (χ1n) is 11.3. The standard InChI is InChI=1S/C24H28BrN7O2/c1-15-17(11-30-13-19(33)14-30)12-32(29-15)22-6-7-26-24(28-22)27-18-4-5-21-20(10-18)23(25)16(2)31(21)8-9-34-3/h4-7,10,12,19,33H,8-9,11,13-14H2,1-3H3,(H,26,27,28). The summed E-state index contributed by atoms with van der Waals surface area (Å²) in [5, 5.41) is 18.6. The highest BCUT2D eigenvalue weighted by Gasteiger charge is 2.25. The van der Waals surface area contributed by atoms with Gasteiger partial charge in [0.2, 0.25) is 5.95 Å². The van der Waals surface area contributed by atoms with E-state index in [9.17, 15) is 5.11 Å². The summed E-state index contributed by atoms with van der Waals surface area (Å²) in [5.74, 6) is 1.20. The average molecular weight is 526 g/mol. The Hall–Kier alpha value is -2.79. The van der Waals surface area contributed by atoms with E-state index in [2.05, 4.69) is 64.8 Å². The highest BCUT2D eigenvalue weighted by atomic mass is 79.9. The Bertz CT molecular complexity index is 1330. The van der Waals surface area contributed by atoms with Gasteiger partial charge in [0, 0.05) is 84.1 Å². The molecule has 1 fully saturated rings. The van der Waals surface area contributed by atoms with E-state index >= 15 is 0 Å². The molecule has 2 N–H and O–H groups in total. The van der Waals surface area contributed by atoms with Crippen LogP contribution in [-0.4, -0.2) is 67.2 Å². The number of hydrogen-bond acceptors (Lipinski definition) is 7. The fourth-order valence-corrected chi connectivity index (χ4v) is 4.87. The maximum absolute atomic E-state index is 9.53. The topological polar surface area (TPSA) is 93.3 Å². The molecule has 4 heterocycles. The second kappa shape index (κ2) is 9.46. The third-order valence-electron chi connectivity index (χ3n) is 6.23. The molecule has 0 saturated carbocycles. The molecule has 1 aromatic carbocycles. The smallest absolute Gasteiger partial charge is 0.229 e. The summed E-state index contributed by atoms with van der Waals surface area (Å²) >= 11 is 3.74. The van der Waals surface area contributed by atoms with Crippen molar-refractivity contribution in [2.24, 2.45) is 0 Å². The zero-order chi connectivity index (χ0) is 23.8. The van der Waals surface area contributed by atoms with Crippen molar-refractivity contribution in [3.05, 3.63) is 58.1 Å². The van der Waals surface area contributed by atoms with Crippen molar-refractivity contribution in [1.29, 1.82) is 0 Å². The Balaban J connectivity index is 1.36. The molecule has 4 aromatic rings. The highest BCUT2D eigenvalue weighted by Crippen LogP contribution is 2.33. The lowest BCUT2D eigenvalue weighted by molar-refractivity contribution is -0.00297. The van der Waals surface area contributed by atoms with Crippen molar-refractivity contribution in [2.45, 2.75) is 33.0 Å². The number of anilines is 2. The molecule has 178 valence electrons. The summed E-state index contributed by atoms with van der Waals surface area (Å²) in [6, 6.07) is 8.08. The van der Waals surface area contributed by atoms with Gasteiger partial charge in [0.25, 0.3) is 0 Å². The molecular formula is C24H28BrN7O2. The van der Waals surface area contributed by atoms with E-state index in [-0.39, 0.29) is 6.10 Å². The number of aromatic nitrogens is 5. The number of likely N-dealkylation sites (tertiary alicyclic amines) is 1. The summed E-state index contributed by atoms with van der Waals surface area (Å²) in [5.41, 5.74) is 5.31. The van der Waals surface area contributed by atoms with Crippen molar-refractivity contribution in [3.8, 4) is 5.82 Å². The average Bonchev–Trinajstić information content (AvgIpc) is 3.29. The van der Waals surface area contributed by atoms with E-state index in [4.69, 9.17) is 4.74 Å². The number of fused-ring (bicyclic) bond motifs is 1. The molecule has 9 nitrogen and oxygen atoms in total. The number of nitrogens with zero attached hydrogens (tertiary/aromatic N) is 6. The molecule has 5 rings (SSSR count). The summed E-state index contributed by atoms with van der Waals surface area (Å²) in [7, 11) is 1.72. The Labute approximate surface area is 206 Å². The second-order valence-electron chi connectivity index (χ2n) is 8.67. The van der Waals surface area contributed by atoms with E-state index in [0.29, 0.717) is 31.5 Å². The SMILES string of the molecule is COCCn1c(C)c(Br)c2cc(Nc3nccc(-n4cc(CN5CC(O)C5)c(C)n4)n3)ccc21. The Morgan fingerprint density at radius 2 is 2.06 bits per heavy atom. The van der Waals surface area contributed by atoms with Gasteiger partial charge in [-0.15, -0.1) is 0 Å². The quantitative estimate of drug-likeness (QED) is 0.363. The van der Waals surface area contributed by atoms with Gasteiger partial charge in [-0.25, -0.2) is 9.67 Å². The number of benzene rings is 1. The zero-order valence-electron chi connectivity index (χ0n) is 19.5. The van der Waals surface area contributed by atoms with Gasteiger partial charge in [-0.3, -0.25) is 4.90 Å². The molecular weight excluding hydrogens is 498 g/mol. The summed E-state index contributed by atoms with van der Waals surface area (Å²) in [6.45, 7) is 7.75. The summed E-state index contributed by atoms with van der Waals surface area (Å²) < 4.78 is 10.4. The third-order valence-corrected chi connectivity index (χ3v) is 7.23. The van der Waals surface area contributed by atoms with Crippen LogP contribution in [0, 0.1) is 13.8 Å². The lowest BCUT2D eigenvalue weighted by Gasteiger charge is -2.35. The van der Waals surface area contributed by atoms with Gasteiger partial charge < -0.3 is 19.7 Å². The van der Waals surface area contributed by atoms with Crippen LogP contribution < -0.4 is 5.32 Å². The molecule has 1 saturated heterocycles. The lowest BCUT2D eigenvalue weighted by Crippen LogP contribution is -2.49. The van der Waals surface area contributed by atoms with Crippen LogP contribution in [0.2, 0.25) is 0 Å². The van der Waals surface area contributed by atoms with Crippen LogP contribution in [0.15, 0.2) is 41.1 Å². The first-order chi connectivity index (χ1) is 16.4. The molecule has 0 aliphatic carbocycles. The number of aliphatic hydroxyl groups is 1. The van der Waals surface area contributed by atoms with E-state index in [0.717, 1.165) is 45.4 Å². The number of ether oxygens (including phenoxy) is 1. The van der Waals surface area contributed by atoms with E-state index in [1.54, 1.807) is 18.0 Å². The van der Waals surface area contributed by atoms with Crippen LogP contribution in [0.5, 0.6) is 0 Å². The van der Waals surface area contributed by atoms with E-state index < -0.39 is 0 Å². The first-order valence-corrected chi connectivity index (χ1v) is 12.1. The van der Waals surface area contributed by atoms with Crippen LogP contribution >= 0.6 is 15.9 Å². The maximum atomic E-state index is 9.53. The summed E-state index contributed by atoms with van der Waals surface area (Å²) in [4.78, 5) is 11.3. The lowest BCUT2D eigenvalue weighted by atomic mass is 10.1. The molecule has 1 aliphatic rings. The molecule has 10 heteroatoms. The molecule has 0 amide bonds. The first kappa shape index (κ1) is 23.0. The molecule has 1 aliphatic heterocycles. The Kier molecular flexibility index (Phi) is 6.39. The predicted molar refractivity (Wildman–Crippen MR) is 135 cm³/mol. The molecule has 3 aromatic heterocycles. The third kappa shape index (κ3) is 4.46. The number of aryl methyl sites for hydroxylation is 1. The number of β-amino-alcohol motifs (C(OH)–C–C–N with tert-alkyl or cyclic N) is 1. The highest BCUT2D eigenvalue weighted by molar-refractivity contribution is 9.10. The van der Waals surface area contributed by atoms with Crippen molar-refractivity contribution in [3.63, 3.8) is 0 Å². The van der Waals surface area contributed by atoms with Crippen LogP contribution in [0.3, 0.4) is 0 Å². The number of hydrogen-bond donors (Lipinski definition) is 2. The van der Waals surface area contributed by atoms with Crippen molar-refractivity contribution >= 4 is 38.5 Å². The molecule has 34 heavy (non-hydrogen) atoms. The fraction of sp³-hybridized carbons (Fsp3) is 0.375. The molecule has 0 unspecified atom stereocenters. The number of halogens is 1. The van der Waals surface area contributed by atoms with Crippen LogP contribution in [0.25, 0.3) is 16.7 Å². The molecule has 0 spiro atoms. The van der Waals surface area contributed by atoms with Gasteiger partial charge in [-0.05, 0) is 48.0 Å². The molecule has 0 bridgehead atoms. The van der Waals surface area contributed by atoms with Crippen LogP contribution in [0.4, 0.5) is 11.6 Å². The molecule has 0 radical (unpaired) electrons. The monoisotopic (exact) mass is 525 g/mol. The maximum Gasteiger partial charge on any atom is 0.229 e. The van der Waals surface area contributed by atoms with Gasteiger partial charge in [0.1, 0.15) is 0 Å². The van der Waals surface area contributed by atoms with Crippen molar-refractivity contribution in [2.75, 3.05) is 32.1 Å². The van der Waals surface area contributed by atoms with Gasteiger partial charge in [-0.1, -0.05) is 0 Å². The second-order valence-corrected chi connectivity index (χ2v) is 9.46. The van der Waals surface area contributed by atoms with Crippen molar-refractivity contribution in [1.82, 2.24) is 29.2 Å². The predicted octanol–water partition coefficient (Wildman–Crippen LogP) is 3.56. The number of methoxy groups -OCH3 is 1. The van der Waals surface area contributed by atoms with Gasteiger partial charge in [0.15, 0.2) is 5.82 Å². The normalized spacial score (nSPS) is 14.6. The largest absolute Gasteiger partial charge is 0.390 e. The fourth-order valence-electron chi connectivity index (χ4n) is 4.34. The van der Waals surface area contributed by atoms with Crippen LogP contribution in [-0.2, 0) is 17.8 Å². The number of rotatable bonds is 8. The van der Waals surface area contributed by atoms with Crippen molar-refractivity contribution < 1.29 is 9.84 Å². The number of aliphatic hydroxyl groups excluding tert-OH is 1.